The van der Waals surface area contributed by atoms with E-state index in [-0.39, 0.29) is 29.0 Å². The fourth-order valence-corrected chi connectivity index (χ4v) is 3.38. The van der Waals surface area contributed by atoms with E-state index in [4.69, 9.17) is 16.3 Å². The summed E-state index contributed by atoms with van der Waals surface area (Å²) in [7, 11) is 1.13. The SMILES string of the molecule is COC(=O)c1cc(Cl)c(OC[C@H]2CCCN2c2ccc(C(F)(F)F)nc2)cc1F. The Kier molecular flexibility index (Phi) is 6.16. The Morgan fingerprint density at radius 1 is 1.34 bits per heavy atom. The molecule has 0 spiro atoms. The number of hydrogen-bond acceptors (Lipinski definition) is 5. The third-order valence-corrected chi connectivity index (χ3v) is 4.90. The van der Waals surface area contributed by atoms with Crippen molar-refractivity contribution in [2.24, 2.45) is 0 Å². The van der Waals surface area contributed by atoms with Gasteiger partial charge in [-0.2, -0.15) is 13.2 Å². The molecule has 10 heteroatoms. The molecule has 1 aliphatic rings. The molecule has 1 saturated heterocycles. The monoisotopic (exact) mass is 432 g/mol. The number of benzene rings is 1. The van der Waals surface area contributed by atoms with Crippen molar-refractivity contribution >= 4 is 23.3 Å². The molecular weight excluding hydrogens is 416 g/mol. The Labute approximate surface area is 169 Å². The van der Waals surface area contributed by atoms with Gasteiger partial charge in [0.2, 0.25) is 0 Å². The van der Waals surface area contributed by atoms with Crippen molar-refractivity contribution < 1.29 is 31.8 Å². The molecule has 1 aromatic carbocycles. The number of hydrogen-bond donors (Lipinski definition) is 0. The molecule has 2 heterocycles. The number of methoxy groups -OCH3 is 1. The molecule has 1 aliphatic heterocycles. The number of halogens is 5. The minimum Gasteiger partial charge on any atom is -0.490 e. The summed E-state index contributed by atoms with van der Waals surface area (Å²) < 4.78 is 62.3. The summed E-state index contributed by atoms with van der Waals surface area (Å²) in [5, 5.41) is 0.0487. The minimum atomic E-state index is -4.50. The van der Waals surface area contributed by atoms with E-state index in [0.29, 0.717) is 12.2 Å². The average Bonchev–Trinajstić information content (AvgIpc) is 3.15. The Balaban J connectivity index is 1.70. The van der Waals surface area contributed by atoms with Crippen molar-refractivity contribution in [1.82, 2.24) is 4.98 Å². The van der Waals surface area contributed by atoms with Gasteiger partial charge in [-0.05, 0) is 31.0 Å². The standard InChI is InChI=1S/C19H17ClF4N2O3/c1-28-18(27)13-7-14(20)16(8-15(13)21)29-10-12-3-2-6-26(12)11-4-5-17(25-9-11)19(22,23)24/h4-5,7-9,12H,2-3,6,10H2,1H3/t12-/m1/s1. The topological polar surface area (TPSA) is 51.7 Å². The first-order chi connectivity index (χ1) is 13.7. The smallest absolute Gasteiger partial charge is 0.433 e. The highest BCUT2D eigenvalue weighted by molar-refractivity contribution is 6.32. The number of nitrogens with zero attached hydrogens (tertiary/aromatic N) is 2. The van der Waals surface area contributed by atoms with Crippen LogP contribution in [0.1, 0.15) is 28.9 Å². The molecule has 0 unspecified atom stereocenters. The molecule has 0 radical (unpaired) electrons. The lowest BCUT2D eigenvalue weighted by Crippen LogP contribution is -2.34. The van der Waals surface area contributed by atoms with Crippen molar-refractivity contribution in [3.63, 3.8) is 0 Å². The van der Waals surface area contributed by atoms with E-state index in [1.807, 2.05) is 4.90 Å². The van der Waals surface area contributed by atoms with Gasteiger partial charge in [0.1, 0.15) is 23.9 Å². The maximum atomic E-state index is 14.1. The predicted molar refractivity (Wildman–Crippen MR) is 97.9 cm³/mol. The molecule has 0 amide bonds. The fraction of sp³-hybridized carbons (Fsp3) is 0.368. The summed E-state index contributed by atoms with van der Waals surface area (Å²) in [6.45, 7) is 0.766. The first kappa shape index (κ1) is 21.2. The van der Waals surface area contributed by atoms with Crippen LogP contribution < -0.4 is 9.64 Å². The molecule has 1 fully saturated rings. The summed E-state index contributed by atoms with van der Waals surface area (Å²) in [6, 6.07) is 4.29. The largest absolute Gasteiger partial charge is 0.490 e. The van der Waals surface area contributed by atoms with Gasteiger partial charge < -0.3 is 14.4 Å². The predicted octanol–water partition coefficient (Wildman–Crippen LogP) is 4.73. The van der Waals surface area contributed by atoms with E-state index in [1.54, 1.807) is 0 Å². The van der Waals surface area contributed by atoms with E-state index >= 15 is 0 Å². The van der Waals surface area contributed by atoms with Crippen molar-refractivity contribution in [2.75, 3.05) is 25.2 Å². The second-order valence-corrected chi connectivity index (χ2v) is 6.86. The molecule has 0 aliphatic carbocycles. The van der Waals surface area contributed by atoms with Gasteiger partial charge in [-0.25, -0.2) is 14.2 Å². The average molecular weight is 433 g/mol. The highest BCUT2D eigenvalue weighted by Gasteiger charge is 2.33. The summed E-state index contributed by atoms with van der Waals surface area (Å²) >= 11 is 6.07. The zero-order valence-corrected chi connectivity index (χ0v) is 16.1. The number of aromatic nitrogens is 1. The van der Waals surface area contributed by atoms with Crippen LogP contribution in [0.15, 0.2) is 30.5 Å². The number of carbonyl (C=O) groups is 1. The number of ether oxygens (including phenoxy) is 2. The quantitative estimate of drug-likeness (QED) is 0.505. The van der Waals surface area contributed by atoms with E-state index in [2.05, 4.69) is 9.72 Å². The van der Waals surface area contributed by atoms with Crippen LogP contribution in [0.4, 0.5) is 23.2 Å². The zero-order valence-electron chi connectivity index (χ0n) is 15.3. The molecule has 156 valence electrons. The van der Waals surface area contributed by atoms with E-state index in [0.717, 1.165) is 38.2 Å². The van der Waals surface area contributed by atoms with Crippen LogP contribution in [0, 0.1) is 5.82 Å². The molecule has 2 aromatic rings. The number of carbonyl (C=O) groups excluding carboxylic acids is 1. The van der Waals surface area contributed by atoms with Crippen molar-refractivity contribution in [3.8, 4) is 5.75 Å². The summed E-state index contributed by atoms with van der Waals surface area (Å²) in [5.74, 6) is -1.62. The van der Waals surface area contributed by atoms with Gasteiger partial charge in [0.05, 0.1) is 35.6 Å². The molecule has 0 N–H and O–H groups in total. The van der Waals surface area contributed by atoms with Gasteiger partial charge in [0.15, 0.2) is 0 Å². The van der Waals surface area contributed by atoms with Gasteiger partial charge in [0.25, 0.3) is 0 Å². The van der Waals surface area contributed by atoms with E-state index < -0.39 is 23.7 Å². The number of anilines is 1. The van der Waals surface area contributed by atoms with Gasteiger partial charge in [0, 0.05) is 12.6 Å². The third kappa shape index (κ3) is 4.72. The van der Waals surface area contributed by atoms with Crippen LogP contribution in [0.2, 0.25) is 5.02 Å². The number of pyridine rings is 1. The van der Waals surface area contributed by atoms with Crippen LogP contribution in [-0.4, -0.2) is 37.3 Å². The van der Waals surface area contributed by atoms with Crippen LogP contribution >= 0.6 is 11.6 Å². The van der Waals surface area contributed by atoms with Gasteiger partial charge >= 0.3 is 12.1 Å². The lowest BCUT2D eigenvalue weighted by atomic mass is 10.2. The van der Waals surface area contributed by atoms with E-state index in [1.165, 1.54) is 12.3 Å². The van der Waals surface area contributed by atoms with Crippen LogP contribution in [0.5, 0.6) is 5.75 Å². The molecule has 29 heavy (non-hydrogen) atoms. The molecule has 0 bridgehead atoms. The molecule has 0 saturated carbocycles. The second kappa shape index (κ2) is 8.44. The number of alkyl halides is 3. The molecule has 1 aromatic heterocycles. The molecular formula is C19H17ClF4N2O3. The van der Waals surface area contributed by atoms with Crippen molar-refractivity contribution in [3.05, 3.63) is 52.6 Å². The first-order valence-electron chi connectivity index (χ1n) is 8.70. The van der Waals surface area contributed by atoms with Crippen molar-refractivity contribution in [2.45, 2.75) is 25.1 Å². The molecule has 5 nitrogen and oxygen atoms in total. The number of esters is 1. The first-order valence-corrected chi connectivity index (χ1v) is 9.08. The van der Waals surface area contributed by atoms with E-state index in [9.17, 15) is 22.4 Å². The van der Waals surface area contributed by atoms with Crippen LogP contribution in [-0.2, 0) is 10.9 Å². The Morgan fingerprint density at radius 3 is 2.72 bits per heavy atom. The summed E-state index contributed by atoms with van der Waals surface area (Å²) in [4.78, 5) is 16.9. The highest BCUT2D eigenvalue weighted by Crippen LogP contribution is 2.32. The Bertz CT molecular complexity index is 890. The zero-order chi connectivity index (χ0) is 21.2. The van der Waals surface area contributed by atoms with Crippen LogP contribution in [0.25, 0.3) is 0 Å². The second-order valence-electron chi connectivity index (χ2n) is 6.45. The molecule has 1 atom stereocenters. The summed E-state index contributed by atoms with van der Waals surface area (Å²) in [6.07, 6.45) is -1.76. The van der Waals surface area contributed by atoms with Crippen LogP contribution in [0.3, 0.4) is 0 Å². The van der Waals surface area contributed by atoms with Gasteiger partial charge in [-0.3, -0.25) is 0 Å². The maximum Gasteiger partial charge on any atom is 0.433 e. The summed E-state index contributed by atoms with van der Waals surface area (Å²) in [5.41, 5.74) is -0.716. The number of rotatable bonds is 5. The molecule has 3 rings (SSSR count). The minimum absolute atomic E-state index is 0.0487. The van der Waals surface area contributed by atoms with Gasteiger partial charge in [-0.1, -0.05) is 11.6 Å². The lowest BCUT2D eigenvalue weighted by Gasteiger charge is -2.27. The Hall–Kier alpha value is -2.55. The highest BCUT2D eigenvalue weighted by atomic mass is 35.5. The lowest BCUT2D eigenvalue weighted by molar-refractivity contribution is -0.141. The fourth-order valence-electron chi connectivity index (χ4n) is 3.16. The van der Waals surface area contributed by atoms with Gasteiger partial charge in [-0.15, -0.1) is 0 Å². The maximum absolute atomic E-state index is 14.1. The van der Waals surface area contributed by atoms with Crippen molar-refractivity contribution in [1.29, 1.82) is 0 Å². The third-order valence-electron chi connectivity index (χ3n) is 4.61. The Morgan fingerprint density at radius 2 is 2.10 bits per heavy atom. The normalized spacial score (nSPS) is 16.8.